The molecule has 0 saturated carbocycles. The number of nitrogens with zero attached hydrogens (tertiary/aromatic N) is 1. The number of hydrogen-bond donors (Lipinski definition) is 1. The first-order valence-electron chi connectivity index (χ1n) is 7.16. The molecule has 6 nitrogen and oxygen atoms in total. The Morgan fingerprint density at radius 1 is 1.18 bits per heavy atom. The topological polar surface area (TPSA) is 77.4 Å². The van der Waals surface area contributed by atoms with E-state index >= 15 is 0 Å². The molecule has 1 N–H and O–H groups in total. The number of ether oxygens (including phenoxy) is 1. The Bertz CT molecular complexity index is 836. The predicted octanol–water partition coefficient (Wildman–Crippen LogP) is 1.24. The van der Waals surface area contributed by atoms with Crippen molar-refractivity contribution in [2.45, 2.75) is 12.8 Å². The standard InChI is InChI=1S/C16H14N2O4/c1-22-16(21)18-12-5-3-2-4-8(12)9-6-10-11(7-13(9)18)15(20)17-14(10)19/h2-5,10-11H,6-7H2,1H3,(H,17,19,20). The first kappa shape index (κ1) is 13.1. The number of amides is 2. The molecule has 2 atom stereocenters. The van der Waals surface area contributed by atoms with Gasteiger partial charge in [-0.15, -0.1) is 0 Å². The molecule has 6 heteroatoms. The normalized spacial score (nSPS) is 23.1. The molecule has 2 heterocycles. The van der Waals surface area contributed by atoms with E-state index in [1.165, 1.54) is 11.7 Å². The number of para-hydroxylation sites is 1. The van der Waals surface area contributed by atoms with E-state index in [1.807, 2.05) is 24.3 Å². The van der Waals surface area contributed by atoms with E-state index in [-0.39, 0.29) is 17.7 Å². The Morgan fingerprint density at radius 2 is 1.86 bits per heavy atom. The van der Waals surface area contributed by atoms with Crippen LogP contribution < -0.4 is 5.32 Å². The predicted molar refractivity (Wildman–Crippen MR) is 77.3 cm³/mol. The number of hydrogen-bond acceptors (Lipinski definition) is 4. The minimum atomic E-state index is -0.472. The molecule has 1 saturated heterocycles. The molecule has 1 aliphatic carbocycles. The third kappa shape index (κ3) is 1.57. The summed E-state index contributed by atoms with van der Waals surface area (Å²) in [4.78, 5) is 36.0. The molecular weight excluding hydrogens is 284 g/mol. The van der Waals surface area contributed by atoms with E-state index in [0.29, 0.717) is 12.8 Å². The molecule has 2 amide bonds. The van der Waals surface area contributed by atoms with Crippen molar-refractivity contribution in [2.75, 3.05) is 7.11 Å². The fourth-order valence-electron chi connectivity index (χ4n) is 3.67. The van der Waals surface area contributed by atoms with Gasteiger partial charge in [0, 0.05) is 17.5 Å². The van der Waals surface area contributed by atoms with Gasteiger partial charge in [-0.05, 0) is 18.1 Å². The Hall–Kier alpha value is -2.63. The van der Waals surface area contributed by atoms with Gasteiger partial charge in [-0.3, -0.25) is 14.9 Å². The highest BCUT2D eigenvalue weighted by Crippen LogP contribution is 2.39. The van der Waals surface area contributed by atoms with Crippen LogP contribution in [0.15, 0.2) is 24.3 Å². The second-order valence-electron chi connectivity index (χ2n) is 5.72. The lowest BCUT2D eigenvalue weighted by Crippen LogP contribution is -2.29. The van der Waals surface area contributed by atoms with Crippen molar-refractivity contribution in [3.63, 3.8) is 0 Å². The molecule has 2 aliphatic rings. The average molecular weight is 298 g/mol. The fourth-order valence-corrected chi connectivity index (χ4v) is 3.67. The first-order chi connectivity index (χ1) is 10.6. The highest BCUT2D eigenvalue weighted by atomic mass is 16.5. The molecule has 22 heavy (non-hydrogen) atoms. The molecule has 2 unspecified atom stereocenters. The van der Waals surface area contributed by atoms with Crippen molar-refractivity contribution in [3.05, 3.63) is 35.5 Å². The number of aromatic nitrogens is 1. The second kappa shape index (κ2) is 4.43. The number of nitrogens with one attached hydrogen (secondary N) is 1. The third-order valence-corrected chi connectivity index (χ3v) is 4.69. The minimum Gasteiger partial charge on any atom is -0.452 e. The molecule has 0 radical (unpaired) electrons. The summed E-state index contributed by atoms with van der Waals surface area (Å²) < 4.78 is 6.41. The molecule has 1 fully saturated rings. The van der Waals surface area contributed by atoms with Gasteiger partial charge < -0.3 is 4.74 Å². The molecule has 4 rings (SSSR count). The molecule has 1 aromatic carbocycles. The van der Waals surface area contributed by atoms with Gasteiger partial charge in [-0.25, -0.2) is 9.36 Å². The van der Waals surface area contributed by atoms with Crippen LogP contribution in [0.4, 0.5) is 4.79 Å². The summed E-state index contributed by atoms with van der Waals surface area (Å²) in [6, 6.07) is 7.53. The van der Waals surface area contributed by atoms with E-state index in [2.05, 4.69) is 5.32 Å². The van der Waals surface area contributed by atoms with Gasteiger partial charge in [0.15, 0.2) is 0 Å². The van der Waals surface area contributed by atoms with Crippen molar-refractivity contribution < 1.29 is 19.1 Å². The van der Waals surface area contributed by atoms with Gasteiger partial charge in [0.2, 0.25) is 11.8 Å². The Morgan fingerprint density at radius 3 is 2.59 bits per heavy atom. The lowest BCUT2D eigenvalue weighted by molar-refractivity contribution is -0.126. The second-order valence-corrected chi connectivity index (χ2v) is 5.72. The molecule has 0 bridgehead atoms. The van der Waals surface area contributed by atoms with Crippen LogP contribution in [0.3, 0.4) is 0 Å². The van der Waals surface area contributed by atoms with E-state index in [4.69, 9.17) is 4.74 Å². The SMILES string of the molecule is COC(=O)n1c2c(c3ccccc31)CC1C(=O)NC(=O)C1C2. The van der Waals surface area contributed by atoms with E-state index in [9.17, 15) is 14.4 Å². The van der Waals surface area contributed by atoms with E-state index < -0.39 is 12.0 Å². The highest BCUT2D eigenvalue weighted by Gasteiger charge is 2.46. The monoisotopic (exact) mass is 298 g/mol. The average Bonchev–Trinajstić information content (AvgIpc) is 3.00. The van der Waals surface area contributed by atoms with Gasteiger partial charge in [-0.2, -0.15) is 0 Å². The van der Waals surface area contributed by atoms with Gasteiger partial charge in [0.25, 0.3) is 0 Å². The number of carbonyl (C=O) groups excluding carboxylic acids is 3. The lowest BCUT2D eigenvalue weighted by Gasteiger charge is -2.23. The smallest absolute Gasteiger partial charge is 0.418 e. The summed E-state index contributed by atoms with van der Waals surface area (Å²) in [5.74, 6) is -1.19. The van der Waals surface area contributed by atoms with Gasteiger partial charge in [-0.1, -0.05) is 18.2 Å². The van der Waals surface area contributed by atoms with Crippen LogP contribution in [0.1, 0.15) is 11.3 Å². The number of carbonyl (C=O) groups is 3. The third-order valence-electron chi connectivity index (χ3n) is 4.69. The summed E-state index contributed by atoms with van der Waals surface area (Å²) in [7, 11) is 1.33. The summed E-state index contributed by atoms with van der Waals surface area (Å²) in [6.45, 7) is 0. The number of imide groups is 1. The molecule has 1 aliphatic heterocycles. The number of benzene rings is 1. The van der Waals surface area contributed by atoms with Gasteiger partial charge in [0.05, 0.1) is 24.5 Å². The molecule has 1 aromatic heterocycles. The maximum atomic E-state index is 12.2. The van der Waals surface area contributed by atoms with Crippen LogP contribution in [-0.4, -0.2) is 29.6 Å². The lowest BCUT2D eigenvalue weighted by atomic mass is 9.79. The molecular formula is C16H14N2O4. The van der Waals surface area contributed by atoms with Crippen LogP contribution in [0.2, 0.25) is 0 Å². The summed E-state index contributed by atoms with van der Waals surface area (Å²) in [5.41, 5.74) is 2.50. The van der Waals surface area contributed by atoms with Crippen molar-refractivity contribution in [3.8, 4) is 0 Å². The summed E-state index contributed by atoms with van der Waals surface area (Å²) in [5, 5.41) is 3.33. The minimum absolute atomic E-state index is 0.212. The number of rotatable bonds is 0. The maximum Gasteiger partial charge on any atom is 0.418 e. The summed E-state index contributed by atoms with van der Waals surface area (Å²) in [6.07, 6.45) is 0.379. The molecule has 2 aromatic rings. The zero-order chi connectivity index (χ0) is 15.4. The van der Waals surface area contributed by atoms with Gasteiger partial charge in [0.1, 0.15) is 0 Å². The zero-order valence-electron chi connectivity index (χ0n) is 12.0. The van der Waals surface area contributed by atoms with Crippen LogP contribution >= 0.6 is 0 Å². The first-order valence-corrected chi connectivity index (χ1v) is 7.16. The highest BCUT2D eigenvalue weighted by molar-refractivity contribution is 6.06. The van der Waals surface area contributed by atoms with E-state index in [0.717, 1.165) is 22.2 Å². The van der Waals surface area contributed by atoms with Gasteiger partial charge >= 0.3 is 6.09 Å². The zero-order valence-corrected chi connectivity index (χ0v) is 12.0. The van der Waals surface area contributed by atoms with Crippen molar-refractivity contribution >= 4 is 28.8 Å². The maximum absolute atomic E-state index is 12.2. The van der Waals surface area contributed by atoms with Crippen molar-refractivity contribution in [2.24, 2.45) is 11.8 Å². The van der Waals surface area contributed by atoms with Crippen LogP contribution in [0, 0.1) is 11.8 Å². The Kier molecular flexibility index (Phi) is 2.63. The van der Waals surface area contributed by atoms with Crippen LogP contribution in [0.5, 0.6) is 0 Å². The molecule has 0 spiro atoms. The van der Waals surface area contributed by atoms with E-state index in [1.54, 1.807) is 0 Å². The largest absolute Gasteiger partial charge is 0.452 e. The van der Waals surface area contributed by atoms with Crippen LogP contribution in [0.25, 0.3) is 10.9 Å². The Labute approximate surface area is 126 Å². The van der Waals surface area contributed by atoms with Crippen LogP contribution in [-0.2, 0) is 27.2 Å². The quantitative estimate of drug-likeness (QED) is 0.742. The molecule has 112 valence electrons. The van der Waals surface area contributed by atoms with Crippen molar-refractivity contribution in [1.29, 1.82) is 0 Å². The Balaban J connectivity index is 1.96. The van der Waals surface area contributed by atoms with Crippen molar-refractivity contribution in [1.82, 2.24) is 9.88 Å². The number of methoxy groups -OCH3 is 1. The number of fused-ring (bicyclic) bond motifs is 4. The summed E-state index contributed by atoms with van der Waals surface area (Å²) >= 11 is 0. The fraction of sp³-hybridized carbons (Fsp3) is 0.312.